The Kier molecular flexibility index (Phi) is 8.33. The van der Waals surface area contributed by atoms with Crippen molar-refractivity contribution in [2.24, 2.45) is 5.92 Å². The smallest absolute Gasteiger partial charge is 0.223 e. The highest BCUT2D eigenvalue weighted by Crippen LogP contribution is 2.41. The molecule has 0 spiro atoms. The van der Waals surface area contributed by atoms with Gasteiger partial charge in [-0.25, -0.2) is 0 Å². The fraction of sp³-hybridized carbons (Fsp3) is 0.524. The molecule has 0 unspecified atom stereocenters. The van der Waals surface area contributed by atoms with Gasteiger partial charge in [0.25, 0.3) is 0 Å². The minimum Gasteiger partial charge on any atom is -0.493 e. The van der Waals surface area contributed by atoms with Gasteiger partial charge in [0.2, 0.25) is 11.7 Å². The monoisotopic (exact) mass is 406 g/mol. The summed E-state index contributed by atoms with van der Waals surface area (Å²) in [6, 6.07) is 5.39. The fourth-order valence-electron chi connectivity index (χ4n) is 2.91. The molecule has 160 valence electrons. The van der Waals surface area contributed by atoms with Crippen molar-refractivity contribution in [1.82, 2.24) is 10.1 Å². The zero-order valence-electron chi connectivity index (χ0n) is 18.0. The standard InChI is InChI=1S/C21H30N2O6/c1-14(2)9-20(24)23(7-8-25-3)13-16-12-17(29-22-16)15-10-18(26-4)21(28-6)19(11-15)27-5/h10-12,14H,7-9,13H2,1-6H3. The van der Waals surface area contributed by atoms with Gasteiger partial charge in [0.1, 0.15) is 5.69 Å². The first-order valence-electron chi connectivity index (χ1n) is 9.46. The average molecular weight is 406 g/mol. The number of amides is 1. The number of ether oxygens (including phenoxy) is 4. The number of hydrogen-bond donors (Lipinski definition) is 0. The molecule has 0 aliphatic carbocycles. The SMILES string of the molecule is COCCN(Cc1cc(-c2cc(OC)c(OC)c(OC)c2)on1)C(=O)CC(C)C. The molecule has 0 N–H and O–H groups in total. The lowest BCUT2D eigenvalue weighted by Gasteiger charge is -2.22. The zero-order valence-corrected chi connectivity index (χ0v) is 18.0. The Hall–Kier alpha value is -2.74. The summed E-state index contributed by atoms with van der Waals surface area (Å²) in [5.74, 6) is 2.43. The van der Waals surface area contributed by atoms with Gasteiger partial charge >= 0.3 is 0 Å². The van der Waals surface area contributed by atoms with Crippen molar-refractivity contribution in [1.29, 1.82) is 0 Å². The van der Waals surface area contributed by atoms with E-state index in [9.17, 15) is 4.79 Å². The first-order valence-corrected chi connectivity index (χ1v) is 9.46. The molecular formula is C21H30N2O6. The normalized spacial score (nSPS) is 10.9. The maximum absolute atomic E-state index is 12.5. The van der Waals surface area contributed by atoms with Crippen molar-refractivity contribution < 1.29 is 28.3 Å². The van der Waals surface area contributed by atoms with E-state index in [1.54, 1.807) is 45.5 Å². The number of methoxy groups -OCH3 is 4. The molecule has 0 bridgehead atoms. The largest absolute Gasteiger partial charge is 0.493 e. The van der Waals surface area contributed by atoms with E-state index in [-0.39, 0.29) is 11.8 Å². The molecule has 0 fully saturated rings. The molecule has 1 aromatic carbocycles. The predicted octanol–water partition coefficient (Wildman–Crippen LogP) is 3.39. The van der Waals surface area contributed by atoms with Crippen LogP contribution in [0.15, 0.2) is 22.7 Å². The molecule has 8 nitrogen and oxygen atoms in total. The van der Waals surface area contributed by atoms with Crippen LogP contribution in [0, 0.1) is 5.92 Å². The molecule has 0 aliphatic heterocycles. The molecule has 0 atom stereocenters. The molecule has 29 heavy (non-hydrogen) atoms. The van der Waals surface area contributed by atoms with Crippen LogP contribution in [0.1, 0.15) is 26.0 Å². The van der Waals surface area contributed by atoms with Crippen molar-refractivity contribution in [3.05, 3.63) is 23.9 Å². The molecule has 2 rings (SSSR count). The molecule has 0 radical (unpaired) electrons. The first-order chi connectivity index (χ1) is 13.9. The van der Waals surface area contributed by atoms with Gasteiger partial charge < -0.3 is 28.4 Å². The van der Waals surface area contributed by atoms with Crippen LogP contribution in [0.3, 0.4) is 0 Å². The average Bonchev–Trinajstić information content (AvgIpc) is 3.17. The summed E-state index contributed by atoms with van der Waals surface area (Å²) in [6.45, 7) is 5.34. The molecule has 1 aromatic heterocycles. The van der Waals surface area contributed by atoms with E-state index in [1.807, 2.05) is 19.9 Å². The van der Waals surface area contributed by atoms with Crippen molar-refractivity contribution in [2.45, 2.75) is 26.8 Å². The third kappa shape index (κ3) is 5.87. The van der Waals surface area contributed by atoms with Gasteiger partial charge in [-0.1, -0.05) is 19.0 Å². The number of aromatic nitrogens is 1. The van der Waals surface area contributed by atoms with Crippen molar-refractivity contribution >= 4 is 5.91 Å². The molecule has 0 saturated carbocycles. The van der Waals surface area contributed by atoms with Crippen molar-refractivity contribution in [3.63, 3.8) is 0 Å². The highest BCUT2D eigenvalue weighted by molar-refractivity contribution is 5.76. The van der Waals surface area contributed by atoms with Gasteiger partial charge in [0.05, 0.1) is 34.5 Å². The van der Waals surface area contributed by atoms with Crippen LogP contribution < -0.4 is 14.2 Å². The summed E-state index contributed by atoms with van der Waals surface area (Å²) >= 11 is 0. The number of hydrogen-bond acceptors (Lipinski definition) is 7. The van der Waals surface area contributed by atoms with Crippen molar-refractivity contribution in [3.8, 4) is 28.6 Å². The Morgan fingerprint density at radius 1 is 1.07 bits per heavy atom. The molecule has 2 aromatic rings. The molecule has 1 heterocycles. The van der Waals surface area contributed by atoms with E-state index in [0.29, 0.717) is 54.8 Å². The van der Waals surface area contributed by atoms with E-state index < -0.39 is 0 Å². The van der Waals surface area contributed by atoms with Crippen LogP contribution in [0.25, 0.3) is 11.3 Å². The quantitative estimate of drug-likeness (QED) is 0.566. The second-order valence-electron chi connectivity index (χ2n) is 7.00. The van der Waals surface area contributed by atoms with Gasteiger partial charge in [-0.15, -0.1) is 0 Å². The number of carbonyl (C=O) groups excluding carboxylic acids is 1. The van der Waals surface area contributed by atoms with E-state index >= 15 is 0 Å². The Morgan fingerprint density at radius 3 is 2.24 bits per heavy atom. The maximum Gasteiger partial charge on any atom is 0.223 e. The summed E-state index contributed by atoms with van der Waals surface area (Å²) in [7, 11) is 6.28. The summed E-state index contributed by atoms with van der Waals surface area (Å²) < 4.78 is 26.8. The third-order valence-electron chi connectivity index (χ3n) is 4.36. The molecule has 1 amide bonds. The highest BCUT2D eigenvalue weighted by atomic mass is 16.5. The summed E-state index contributed by atoms with van der Waals surface area (Å²) in [5.41, 5.74) is 1.39. The van der Waals surface area contributed by atoms with Gasteiger partial charge in [-0.2, -0.15) is 0 Å². The first kappa shape index (κ1) is 22.5. The summed E-state index contributed by atoms with van der Waals surface area (Å²) in [6.07, 6.45) is 0.474. The summed E-state index contributed by atoms with van der Waals surface area (Å²) in [5, 5.41) is 4.13. The molecular weight excluding hydrogens is 376 g/mol. The van der Waals surface area contributed by atoms with Gasteiger partial charge in [0, 0.05) is 31.7 Å². The minimum atomic E-state index is 0.0642. The van der Waals surface area contributed by atoms with E-state index in [4.69, 9.17) is 23.5 Å². The van der Waals surface area contributed by atoms with Gasteiger partial charge in [-0.05, 0) is 18.1 Å². The lowest BCUT2D eigenvalue weighted by molar-refractivity contribution is -0.133. The minimum absolute atomic E-state index is 0.0642. The van der Waals surface area contributed by atoms with Crippen LogP contribution in [-0.2, 0) is 16.1 Å². The highest BCUT2D eigenvalue weighted by Gasteiger charge is 2.20. The second-order valence-corrected chi connectivity index (χ2v) is 7.00. The predicted molar refractivity (Wildman–Crippen MR) is 108 cm³/mol. The third-order valence-corrected chi connectivity index (χ3v) is 4.36. The molecule has 0 saturated heterocycles. The van der Waals surface area contributed by atoms with Crippen LogP contribution in [0.5, 0.6) is 17.2 Å². The van der Waals surface area contributed by atoms with Gasteiger partial charge in [-0.3, -0.25) is 4.79 Å². The molecule has 0 aliphatic rings. The Balaban J connectivity index is 2.25. The maximum atomic E-state index is 12.5. The van der Waals surface area contributed by atoms with Crippen LogP contribution in [-0.4, -0.2) is 57.6 Å². The van der Waals surface area contributed by atoms with E-state index in [0.717, 1.165) is 5.56 Å². The topological polar surface area (TPSA) is 83.3 Å². The number of rotatable bonds is 11. The summed E-state index contributed by atoms with van der Waals surface area (Å²) in [4.78, 5) is 14.3. The Morgan fingerprint density at radius 2 is 1.72 bits per heavy atom. The van der Waals surface area contributed by atoms with Crippen molar-refractivity contribution in [2.75, 3.05) is 41.6 Å². The van der Waals surface area contributed by atoms with Crippen LogP contribution in [0.4, 0.5) is 0 Å². The second kappa shape index (κ2) is 10.7. The van der Waals surface area contributed by atoms with E-state index in [2.05, 4.69) is 5.16 Å². The zero-order chi connectivity index (χ0) is 21.4. The lowest BCUT2D eigenvalue weighted by Crippen LogP contribution is -2.34. The Bertz CT molecular complexity index is 777. The Labute approximate surface area is 171 Å². The van der Waals surface area contributed by atoms with Gasteiger partial charge in [0.15, 0.2) is 17.3 Å². The van der Waals surface area contributed by atoms with E-state index in [1.165, 1.54) is 0 Å². The lowest BCUT2D eigenvalue weighted by atomic mass is 10.1. The molecule has 8 heteroatoms. The number of nitrogens with zero attached hydrogens (tertiary/aromatic N) is 2. The van der Waals surface area contributed by atoms with Crippen LogP contribution in [0.2, 0.25) is 0 Å². The fourth-order valence-corrected chi connectivity index (χ4v) is 2.91. The number of carbonyl (C=O) groups is 1. The number of benzene rings is 1. The van der Waals surface area contributed by atoms with Crippen LogP contribution >= 0.6 is 0 Å².